The third-order valence-electron chi connectivity index (χ3n) is 4.11. The zero-order chi connectivity index (χ0) is 17.2. The Morgan fingerprint density at radius 1 is 0.800 bits per heavy atom. The summed E-state index contributed by atoms with van der Waals surface area (Å²) in [5.41, 5.74) is 4.24. The molecule has 0 unspecified atom stereocenters. The zero-order valence-electron chi connectivity index (χ0n) is 13.3. The largest absolute Gasteiger partial charge is 0.328 e. The fourth-order valence-electron chi connectivity index (χ4n) is 2.81. The minimum Gasteiger partial charge on any atom is -0.328 e. The monoisotopic (exact) mass is 329 g/mol. The average molecular weight is 329 g/mol. The van der Waals surface area contributed by atoms with Crippen molar-refractivity contribution in [1.29, 1.82) is 0 Å². The molecule has 1 N–H and O–H groups in total. The molecule has 0 saturated heterocycles. The predicted octanol–water partition coefficient (Wildman–Crippen LogP) is 3.18. The van der Waals surface area contributed by atoms with Crippen LogP contribution in [0.3, 0.4) is 0 Å². The lowest BCUT2D eigenvalue weighted by Gasteiger charge is -2.10. The van der Waals surface area contributed by atoms with Crippen LogP contribution in [-0.2, 0) is 4.79 Å². The number of hydrogen-bond donors (Lipinski definition) is 1. The fourth-order valence-corrected chi connectivity index (χ4v) is 2.81. The molecule has 4 rings (SSSR count). The van der Waals surface area contributed by atoms with Gasteiger partial charge in [-0.1, -0.05) is 42.5 Å². The van der Waals surface area contributed by atoms with Crippen molar-refractivity contribution in [2.75, 3.05) is 5.01 Å². The Labute approximate surface area is 144 Å². The first-order chi connectivity index (χ1) is 12.2. The van der Waals surface area contributed by atoms with E-state index in [1.165, 1.54) is 11.1 Å². The number of rotatable bonds is 3. The molecular formula is C20H15N3O2. The number of pyridine rings is 1. The summed E-state index contributed by atoms with van der Waals surface area (Å²) in [6.45, 7) is 0. The fraction of sp³-hybridized carbons (Fsp3) is 0.0500. The van der Waals surface area contributed by atoms with Crippen LogP contribution in [0.1, 0.15) is 12.0 Å². The van der Waals surface area contributed by atoms with Crippen molar-refractivity contribution < 1.29 is 4.79 Å². The molecule has 0 saturated carbocycles. The van der Waals surface area contributed by atoms with E-state index in [0.29, 0.717) is 0 Å². The lowest BCUT2D eigenvalue weighted by atomic mass is 10.0. The number of nitrogens with one attached hydrogen (secondary N) is 1. The topological polar surface area (TPSA) is 65.5 Å². The van der Waals surface area contributed by atoms with Crippen molar-refractivity contribution >= 4 is 17.3 Å². The van der Waals surface area contributed by atoms with Gasteiger partial charge >= 0.3 is 0 Å². The van der Waals surface area contributed by atoms with Crippen molar-refractivity contribution in [2.24, 2.45) is 5.10 Å². The van der Waals surface area contributed by atoms with Crippen LogP contribution < -0.4 is 10.6 Å². The van der Waals surface area contributed by atoms with Gasteiger partial charge in [0, 0.05) is 12.3 Å². The highest BCUT2D eigenvalue weighted by molar-refractivity contribution is 6.19. The summed E-state index contributed by atoms with van der Waals surface area (Å²) >= 11 is 0. The van der Waals surface area contributed by atoms with E-state index in [4.69, 9.17) is 0 Å². The van der Waals surface area contributed by atoms with Gasteiger partial charge in [0.1, 0.15) is 0 Å². The molecule has 0 atom stereocenters. The number of aromatic nitrogens is 1. The first-order valence-electron chi connectivity index (χ1n) is 7.96. The number of H-pyrrole nitrogens is 1. The second-order valence-electron chi connectivity index (χ2n) is 5.78. The van der Waals surface area contributed by atoms with Crippen LogP contribution >= 0.6 is 0 Å². The molecule has 0 radical (unpaired) electrons. The highest BCUT2D eigenvalue weighted by Gasteiger charge is 2.25. The molecule has 3 aromatic rings. The summed E-state index contributed by atoms with van der Waals surface area (Å²) < 4.78 is 0. The van der Waals surface area contributed by atoms with Crippen LogP contribution in [0.2, 0.25) is 0 Å². The number of carbonyl (C=O) groups excluding carboxylic acids is 1. The summed E-state index contributed by atoms with van der Waals surface area (Å²) in [7, 11) is 0. The van der Waals surface area contributed by atoms with Gasteiger partial charge in [0.2, 0.25) is 5.56 Å². The molecule has 0 bridgehead atoms. The van der Waals surface area contributed by atoms with Crippen LogP contribution in [0.25, 0.3) is 11.1 Å². The van der Waals surface area contributed by atoms with Gasteiger partial charge in [-0.05, 0) is 34.9 Å². The van der Waals surface area contributed by atoms with E-state index in [2.05, 4.69) is 10.1 Å². The summed E-state index contributed by atoms with van der Waals surface area (Å²) in [4.78, 5) is 26.1. The molecule has 2 heterocycles. The Morgan fingerprint density at radius 2 is 1.48 bits per heavy atom. The van der Waals surface area contributed by atoms with Crippen LogP contribution in [0.5, 0.6) is 0 Å². The van der Waals surface area contributed by atoms with E-state index >= 15 is 0 Å². The number of nitrogens with zero attached hydrogens (tertiary/aromatic N) is 2. The molecule has 5 heteroatoms. The second-order valence-corrected chi connectivity index (χ2v) is 5.78. The van der Waals surface area contributed by atoms with Crippen LogP contribution in [0.15, 0.2) is 82.8 Å². The van der Waals surface area contributed by atoms with E-state index in [0.717, 1.165) is 28.1 Å². The van der Waals surface area contributed by atoms with E-state index in [-0.39, 0.29) is 17.9 Å². The van der Waals surface area contributed by atoms with Gasteiger partial charge in [-0.2, -0.15) is 5.10 Å². The molecule has 1 amide bonds. The highest BCUT2D eigenvalue weighted by atomic mass is 16.2. The van der Waals surface area contributed by atoms with Gasteiger partial charge in [-0.15, -0.1) is 0 Å². The second kappa shape index (κ2) is 6.20. The van der Waals surface area contributed by atoms with Gasteiger partial charge in [-0.3, -0.25) is 9.59 Å². The number of anilines is 1. The SMILES string of the molecule is O=C1CC(c2ccc(-c3ccc(=O)[nH]c3)cc2)=NN1c1ccccc1. The molecule has 0 fully saturated rings. The summed E-state index contributed by atoms with van der Waals surface area (Å²) in [6.07, 6.45) is 1.97. The Hall–Kier alpha value is -3.47. The van der Waals surface area contributed by atoms with Gasteiger partial charge < -0.3 is 4.98 Å². The molecule has 1 aliphatic heterocycles. The number of amides is 1. The van der Waals surface area contributed by atoms with Gasteiger partial charge in [0.15, 0.2) is 0 Å². The van der Waals surface area contributed by atoms with E-state index in [1.807, 2.05) is 54.6 Å². The maximum absolute atomic E-state index is 12.3. The molecule has 122 valence electrons. The molecule has 1 aromatic heterocycles. The van der Waals surface area contributed by atoms with Gasteiger partial charge in [0.25, 0.3) is 5.91 Å². The molecule has 0 aliphatic carbocycles. The standard InChI is InChI=1S/C20H15N3O2/c24-19-11-10-16(13-21-19)14-6-8-15(9-7-14)18-12-20(25)23(22-18)17-4-2-1-3-5-17/h1-11,13H,12H2,(H,21,24). The minimum atomic E-state index is -0.125. The predicted molar refractivity (Wildman–Crippen MR) is 97.6 cm³/mol. The van der Waals surface area contributed by atoms with Crippen LogP contribution in [0, 0.1) is 0 Å². The number of hydrazone groups is 1. The summed E-state index contributed by atoms with van der Waals surface area (Å²) in [6, 6.07) is 20.5. The lowest BCUT2D eigenvalue weighted by molar-refractivity contribution is -0.116. The highest BCUT2D eigenvalue weighted by Crippen LogP contribution is 2.24. The number of aromatic amines is 1. The van der Waals surface area contributed by atoms with Crippen LogP contribution in [0.4, 0.5) is 5.69 Å². The first-order valence-corrected chi connectivity index (χ1v) is 7.96. The Kier molecular flexibility index (Phi) is 3.74. The number of benzene rings is 2. The zero-order valence-corrected chi connectivity index (χ0v) is 13.3. The van der Waals surface area contributed by atoms with Crippen molar-refractivity contribution in [3.63, 3.8) is 0 Å². The van der Waals surface area contributed by atoms with Crippen LogP contribution in [-0.4, -0.2) is 16.6 Å². The van der Waals surface area contributed by atoms with Crippen molar-refractivity contribution in [1.82, 2.24) is 4.98 Å². The number of para-hydroxylation sites is 1. The van der Waals surface area contributed by atoms with Crippen molar-refractivity contribution in [3.8, 4) is 11.1 Å². The third kappa shape index (κ3) is 2.99. The maximum atomic E-state index is 12.3. The van der Waals surface area contributed by atoms with E-state index < -0.39 is 0 Å². The van der Waals surface area contributed by atoms with Gasteiger partial charge in [-0.25, -0.2) is 5.01 Å². The molecular weight excluding hydrogens is 314 g/mol. The van der Waals surface area contributed by atoms with Crippen molar-refractivity contribution in [3.05, 3.63) is 88.8 Å². The van der Waals surface area contributed by atoms with E-state index in [9.17, 15) is 9.59 Å². The quantitative estimate of drug-likeness (QED) is 0.802. The number of hydrogen-bond acceptors (Lipinski definition) is 3. The molecule has 1 aliphatic rings. The molecule has 5 nitrogen and oxygen atoms in total. The Balaban J connectivity index is 1.61. The smallest absolute Gasteiger partial charge is 0.253 e. The molecule has 25 heavy (non-hydrogen) atoms. The van der Waals surface area contributed by atoms with Gasteiger partial charge in [0.05, 0.1) is 17.8 Å². The average Bonchev–Trinajstić information content (AvgIpc) is 3.05. The lowest BCUT2D eigenvalue weighted by Crippen LogP contribution is -2.19. The number of carbonyl (C=O) groups is 1. The third-order valence-corrected chi connectivity index (χ3v) is 4.11. The first kappa shape index (κ1) is 15.1. The van der Waals surface area contributed by atoms with E-state index in [1.54, 1.807) is 12.3 Å². The summed E-state index contributed by atoms with van der Waals surface area (Å²) in [5.74, 6) is -0.0362. The minimum absolute atomic E-state index is 0.0362. The Morgan fingerprint density at radius 3 is 2.16 bits per heavy atom. The maximum Gasteiger partial charge on any atom is 0.253 e. The Bertz CT molecular complexity index is 985. The summed E-state index contributed by atoms with van der Waals surface area (Å²) in [5, 5.41) is 5.93. The van der Waals surface area contributed by atoms with Crippen molar-refractivity contribution in [2.45, 2.75) is 6.42 Å². The normalized spacial score (nSPS) is 13.8. The molecule has 0 spiro atoms. The molecule has 2 aromatic carbocycles.